The summed E-state index contributed by atoms with van der Waals surface area (Å²) < 4.78 is 1.67. The van der Waals surface area contributed by atoms with Crippen molar-refractivity contribution in [1.82, 2.24) is 19.6 Å². The normalized spacial score (nSPS) is 23.2. The van der Waals surface area contributed by atoms with Gasteiger partial charge in [-0.15, -0.1) is 0 Å². The van der Waals surface area contributed by atoms with Crippen molar-refractivity contribution in [3.63, 3.8) is 0 Å². The predicted octanol–water partition coefficient (Wildman–Crippen LogP) is 0.921. The summed E-state index contributed by atoms with van der Waals surface area (Å²) in [5.74, 6) is 0. The zero-order valence-corrected chi connectivity index (χ0v) is 13.6. The van der Waals surface area contributed by atoms with Gasteiger partial charge >= 0.3 is 0 Å². The maximum absolute atomic E-state index is 10.4. The first-order valence-electron chi connectivity index (χ1n) is 7.13. The second kappa shape index (κ2) is 6.43. The van der Waals surface area contributed by atoms with E-state index in [4.69, 9.17) is 11.6 Å². The number of aryl methyl sites for hydroxylation is 2. The maximum atomic E-state index is 10.4. The van der Waals surface area contributed by atoms with Crippen LogP contribution in [-0.4, -0.2) is 70.6 Å². The van der Waals surface area contributed by atoms with Crippen LogP contribution in [-0.2, 0) is 13.5 Å². The van der Waals surface area contributed by atoms with E-state index in [9.17, 15) is 5.11 Å². The second-order valence-electron chi connectivity index (χ2n) is 5.97. The number of hydrogen-bond acceptors (Lipinski definition) is 4. The van der Waals surface area contributed by atoms with E-state index in [0.29, 0.717) is 17.6 Å². The van der Waals surface area contributed by atoms with Crippen LogP contribution in [0.1, 0.15) is 17.7 Å². The molecule has 0 aromatic carbocycles. The molecule has 2 heterocycles. The van der Waals surface area contributed by atoms with Crippen molar-refractivity contribution in [1.29, 1.82) is 0 Å². The summed E-state index contributed by atoms with van der Waals surface area (Å²) in [6, 6.07) is 0.402. The van der Waals surface area contributed by atoms with E-state index >= 15 is 0 Å². The molecular formula is C14H25ClN4O. The van der Waals surface area contributed by atoms with Crippen molar-refractivity contribution in [2.24, 2.45) is 7.05 Å². The van der Waals surface area contributed by atoms with E-state index in [1.807, 2.05) is 14.0 Å². The third-order valence-corrected chi connectivity index (χ3v) is 4.71. The molecule has 114 valence electrons. The van der Waals surface area contributed by atoms with Crippen LogP contribution in [0.5, 0.6) is 0 Å². The molecule has 0 aliphatic carbocycles. The standard InChI is InChI=1S/C14H25ClN4O/c1-10-13(14(15)19(4)16-10)8-12(20)7-11-9-17(2)5-6-18(11)3/h11-12,20H,5-9H2,1-4H3. The molecule has 0 bridgehead atoms. The Morgan fingerprint density at radius 2 is 2.05 bits per heavy atom. The zero-order chi connectivity index (χ0) is 14.9. The molecule has 0 amide bonds. The zero-order valence-electron chi connectivity index (χ0n) is 12.8. The largest absolute Gasteiger partial charge is 0.393 e. The minimum atomic E-state index is -0.380. The topological polar surface area (TPSA) is 44.5 Å². The predicted molar refractivity (Wildman–Crippen MR) is 81.2 cm³/mol. The highest BCUT2D eigenvalue weighted by molar-refractivity contribution is 6.30. The number of halogens is 1. The maximum Gasteiger partial charge on any atom is 0.130 e. The molecule has 20 heavy (non-hydrogen) atoms. The summed E-state index contributed by atoms with van der Waals surface area (Å²) in [4.78, 5) is 4.65. The Morgan fingerprint density at radius 3 is 2.65 bits per heavy atom. The Morgan fingerprint density at radius 1 is 1.35 bits per heavy atom. The highest BCUT2D eigenvalue weighted by atomic mass is 35.5. The summed E-state index contributed by atoms with van der Waals surface area (Å²) in [5.41, 5.74) is 1.87. The number of rotatable bonds is 4. The summed E-state index contributed by atoms with van der Waals surface area (Å²) in [5, 5.41) is 15.3. The van der Waals surface area contributed by atoms with Gasteiger partial charge in [-0.3, -0.25) is 4.68 Å². The summed E-state index contributed by atoms with van der Waals surface area (Å²) in [6.45, 7) is 5.10. The lowest BCUT2D eigenvalue weighted by atomic mass is 10.00. The molecule has 2 rings (SSSR count). The summed E-state index contributed by atoms with van der Waals surface area (Å²) in [7, 11) is 6.09. The number of likely N-dealkylation sites (N-methyl/N-ethyl adjacent to an activating group) is 2. The number of hydrogen-bond donors (Lipinski definition) is 1. The number of piperazine rings is 1. The number of aliphatic hydroxyl groups is 1. The average molecular weight is 301 g/mol. The average Bonchev–Trinajstić information content (AvgIpc) is 2.61. The van der Waals surface area contributed by atoms with Gasteiger partial charge in [-0.05, 0) is 27.4 Å². The van der Waals surface area contributed by atoms with Gasteiger partial charge in [0.2, 0.25) is 0 Å². The quantitative estimate of drug-likeness (QED) is 0.898. The van der Waals surface area contributed by atoms with Crippen molar-refractivity contribution in [3.8, 4) is 0 Å². The van der Waals surface area contributed by atoms with Gasteiger partial charge in [0.1, 0.15) is 5.15 Å². The Hall–Kier alpha value is -0.620. The molecule has 1 N–H and O–H groups in total. The molecule has 1 fully saturated rings. The lowest BCUT2D eigenvalue weighted by Crippen LogP contribution is -2.51. The Labute approximate surface area is 126 Å². The SMILES string of the molecule is Cc1nn(C)c(Cl)c1CC(O)CC1CN(C)CCN1C. The van der Waals surface area contributed by atoms with Gasteiger partial charge < -0.3 is 14.9 Å². The van der Waals surface area contributed by atoms with Crippen molar-refractivity contribution in [2.75, 3.05) is 33.7 Å². The van der Waals surface area contributed by atoms with Gasteiger partial charge in [-0.2, -0.15) is 5.10 Å². The highest BCUT2D eigenvalue weighted by Crippen LogP contribution is 2.22. The fourth-order valence-corrected chi connectivity index (χ4v) is 3.15. The first-order chi connectivity index (χ1) is 9.38. The molecular weight excluding hydrogens is 276 g/mol. The van der Waals surface area contributed by atoms with Gasteiger partial charge in [0, 0.05) is 44.7 Å². The first-order valence-corrected chi connectivity index (χ1v) is 7.51. The molecule has 1 aromatic heterocycles. The molecule has 6 heteroatoms. The van der Waals surface area contributed by atoms with Crippen molar-refractivity contribution < 1.29 is 5.11 Å². The fraction of sp³-hybridized carbons (Fsp3) is 0.786. The molecule has 0 saturated carbocycles. The van der Waals surface area contributed by atoms with Crippen LogP contribution in [0.15, 0.2) is 0 Å². The Balaban J connectivity index is 1.96. The minimum Gasteiger partial charge on any atom is -0.393 e. The van der Waals surface area contributed by atoms with Crippen LogP contribution in [0, 0.1) is 6.92 Å². The molecule has 1 saturated heterocycles. The van der Waals surface area contributed by atoms with E-state index in [-0.39, 0.29) is 6.10 Å². The summed E-state index contributed by atoms with van der Waals surface area (Å²) >= 11 is 6.22. The van der Waals surface area contributed by atoms with Gasteiger partial charge in [-0.25, -0.2) is 0 Å². The lowest BCUT2D eigenvalue weighted by molar-refractivity contribution is 0.0638. The van der Waals surface area contributed by atoms with E-state index in [2.05, 4.69) is 29.0 Å². The van der Waals surface area contributed by atoms with Crippen LogP contribution in [0.25, 0.3) is 0 Å². The third-order valence-electron chi connectivity index (χ3n) is 4.23. The van der Waals surface area contributed by atoms with Crippen LogP contribution in [0.3, 0.4) is 0 Å². The molecule has 1 aliphatic rings. The molecule has 2 atom stereocenters. The lowest BCUT2D eigenvalue weighted by Gasteiger charge is -2.38. The fourth-order valence-electron chi connectivity index (χ4n) is 2.89. The van der Waals surface area contributed by atoms with Crippen molar-refractivity contribution >= 4 is 11.6 Å². The molecule has 5 nitrogen and oxygen atoms in total. The number of aliphatic hydroxyl groups excluding tert-OH is 1. The molecule has 2 unspecified atom stereocenters. The molecule has 0 radical (unpaired) electrons. The van der Waals surface area contributed by atoms with Crippen LogP contribution in [0.4, 0.5) is 0 Å². The van der Waals surface area contributed by atoms with E-state index in [0.717, 1.165) is 37.3 Å². The summed E-state index contributed by atoms with van der Waals surface area (Å²) in [6.07, 6.45) is 0.965. The van der Waals surface area contributed by atoms with E-state index in [1.54, 1.807) is 4.68 Å². The monoisotopic (exact) mass is 300 g/mol. The van der Waals surface area contributed by atoms with E-state index < -0.39 is 0 Å². The van der Waals surface area contributed by atoms with Crippen molar-refractivity contribution in [2.45, 2.75) is 31.9 Å². The van der Waals surface area contributed by atoms with Crippen molar-refractivity contribution in [3.05, 3.63) is 16.4 Å². The van der Waals surface area contributed by atoms with Gasteiger partial charge in [0.05, 0.1) is 11.8 Å². The van der Waals surface area contributed by atoms with Crippen LogP contribution in [0.2, 0.25) is 5.15 Å². The first kappa shape index (κ1) is 15.8. The molecule has 0 spiro atoms. The number of aromatic nitrogens is 2. The van der Waals surface area contributed by atoms with Gasteiger partial charge in [0.25, 0.3) is 0 Å². The third kappa shape index (κ3) is 3.52. The van der Waals surface area contributed by atoms with Gasteiger partial charge in [0.15, 0.2) is 0 Å². The van der Waals surface area contributed by atoms with E-state index in [1.165, 1.54) is 0 Å². The highest BCUT2D eigenvalue weighted by Gasteiger charge is 2.25. The molecule has 1 aliphatic heterocycles. The van der Waals surface area contributed by atoms with Crippen LogP contribution < -0.4 is 0 Å². The second-order valence-corrected chi connectivity index (χ2v) is 6.33. The van der Waals surface area contributed by atoms with Crippen LogP contribution >= 0.6 is 11.6 Å². The Kier molecular flexibility index (Phi) is 5.07. The van der Waals surface area contributed by atoms with Gasteiger partial charge in [-0.1, -0.05) is 11.6 Å². The number of nitrogens with zero attached hydrogens (tertiary/aromatic N) is 4. The minimum absolute atomic E-state index is 0.380. The Bertz CT molecular complexity index is 462. The smallest absolute Gasteiger partial charge is 0.130 e. The molecule has 1 aromatic rings.